The van der Waals surface area contributed by atoms with Gasteiger partial charge in [-0.05, 0) is 74.3 Å². The maximum atomic E-state index is 15.1. The second-order valence-electron chi connectivity index (χ2n) is 12.6. The van der Waals surface area contributed by atoms with E-state index in [1.807, 2.05) is 11.9 Å². The summed E-state index contributed by atoms with van der Waals surface area (Å²) in [4.78, 5) is 43.8. The first kappa shape index (κ1) is 36.1. The fourth-order valence-corrected chi connectivity index (χ4v) is 9.08. The van der Waals surface area contributed by atoms with Crippen molar-refractivity contribution in [2.45, 2.75) is 38.9 Å². The molecule has 0 aliphatic carbocycles. The number of urea groups is 1. The molecule has 3 heterocycles. The molecule has 5 aromatic rings. The Bertz CT molecular complexity index is 2290. The second kappa shape index (κ2) is 14.9. The van der Waals surface area contributed by atoms with Gasteiger partial charge in [-0.1, -0.05) is 36.4 Å². The van der Waals surface area contributed by atoms with Gasteiger partial charge in [-0.25, -0.2) is 31.4 Å². The number of amides is 2. The smallest absolute Gasteiger partial charge is 0.337 e. The molecule has 2 aromatic heterocycles. The van der Waals surface area contributed by atoms with Crippen LogP contribution in [0.3, 0.4) is 0 Å². The molecule has 1 aliphatic rings. The van der Waals surface area contributed by atoms with Crippen LogP contribution in [0.1, 0.15) is 30.9 Å². The number of benzene rings is 3. The number of nitrogens with zero attached hydrogens (tertiary/aromatic N) is 4. The lowest BCUT2D eigenvalue weighted by Gasteiger charge is -2.27. The largest absolute Gasteiger partial charge is 0.338 e. The molecule has 3 aromatic carbocycles. The number of para-hydroxylation sites is 1. The summed E-state index contributed by atoms with van der Waals surface area (Å²) in [7, 11) is -1.59. The fourth-order valence-electron chi connectivity index (χ4n) is 6.60. The van der Waals surface area contributed by atoms with Gasteiger partial charge < -0.3 is 15.5 Å². The molecule has 1 fully saturated rings. The number of halogens is 2. The monoisotopic (exact) mass is 736 g/mol. The number of hydrogen-bond donors (Lipinski definition) is 2. The van der Waals surface area contributed by atoms with Crippen LogP contribution in [0.25, 0.3) is 26.3 Å². The molecule has 268 valence electrons. The Morgan fingerprint density at radius 1 is 0.980 bits per heavy atom. The summed E-state index contributed by atoms with van der Waals surface area (Å²) in [5, 5.41) is 5.65. The van der Waals surface area contributed by atoms with Gasteiger partial charge in [0.05, 0.1) is 23.9 Å². The summed E-state index contributed by atoms with van der Waals surface area (Å²) >= 11 is 1.16. The van der Waals surface area contributed by atoms with Crippen LogP contribution in [0.5, 0.6) is 0 Å². The Balaban J connectivity index is 1.56. The summed E-state index contributed by atoms with van der Waals surface area (Å²) in [6.07, 6.45) is 2.61. The van der Waals surface area contributed by atoms with E-state index < -0.39 is 39.5 Å². The number of hydrogen-bond acceptors (Lipinski definition) is 7. The van der Waals surface area contributed by atoms with Gasteiger partial charge >= 0.3 is 11.7 Å². The Morgan fingerprint density at radius 2 is 1.67 bits per heavy atom. The van der Waals surface area contributed by atoms with Crippen LogP contribution in [0.2, 0.25) is 0 Å². The van der Waals surface area contributed by atoms with Crippen molar-refractivity contribution in [1.82, 2.24) is 23.7 Å². The lowest BCUT2D eigenvalue weighted by Crippen LogP contribution is -2.41. The highest BCUT2D eigenvalue weighted by molar-refractivity contribution is 7.88. The molecule has 1 aliphatic heterocycles. The van der Waals surface area contributed by atoms with Crippen molar-refractivity contribution in [3.8, 4) is 16.1 Å². The first-order valence-corrected chi connectivity index (χ1v) is 19.1. The van der Waals surface area contributed by atoms with E-state index in [2.05, 4.69) is 10.6 Å². The van der Waals surface area contributed by atoms with Gasteiger partial charge in [-0.15, -0.1) is 11.3 Å². The minimum atomic E-state index is -3.43. The van der Waals surface area contributed by atoms with Crippen LogP contribution in [0.4, 0.5) is 19.3 Å². The zero-order chi connectivity index (χ0) is 36.4. The minimum absolute atomic E-state index is 0.193. The quantitative estimate of drug-likeness (QED) is 0.192. The highest BCUT2D eigenvalue weighted by Gasteiger charge is 2.33. The lowest BCUT2D eigenvalue weighted by atomic mass is 10.1. The summed E-state index contributed by atoms with van der Waals surface area (Å²) in [5.74, 6) is -1.65. The number of rotatable bonds is 11. The molecule has 6 rings (SSSR count). The van der Waals surface area contributed by atoms with Crippen molar-refractivity contribution >= 4 is 43.3 Å². The SMILES string of the molecule is CCNC(=O)Nc1ccc(-c2sc3c(c2CN(C)C[C@@H]2CCCN2S(C)(=O)=O)c(=O)n(-c2ccccc2)c(=O)n3Cc2c(F)cccc2F)cc1. The number of carbonyl (C=O) groups is 1. The van der Waals surface area contributed by atoms with Crippen LogP contribution in [0, 0.1) is 11.6 Å². The van der Waals surface area contributed by atoms with Crippen molar-refractivity contribution in [1.29, 1.82) is 0 Å². The van der Waals surface area contributed by atoms with Gasteiger partial charge in [0, 0.05) is 48.3 Å². The van der Waals surface area contributed by atoms with Crippen LogP contribution in [-0.4, -0.2) is 71.8 Å². The van der Waals surface area contributed by atoms with Crippen molar-refractivity contribution in [2.24, 2.45) is 0 Å². The Kier molecular flexibility index (Phi) is 10.5. The average Bonchev–Trinajstić information content (AvgIpc) is 3.70. The number of sulfonamides is 1. The topological polar surface area (TPSA) is 126 Å². The molecular weight excluding hydrogens is 699 g/mol. The molecular formula is C36H38F2N6O5S2. The molecule has 0 spiro atoms. The maximum absolute atomic E-state index is 15.1. The summed E-state index contributed by atoms with van der Waals surface area (Å²) in [6.45, 7) is 2.79. The van der Waals surface area contributed by atoms with E-state index in [0.717, 1.165) is 34.5 Å². The molecule has 0 bridgehead atoms. The third kappa shape index (κ3) is 7.52. The van der Waals surface area contributed by atoms with Crippen LogP contribution >= 0.6 is 11.3 Å². The molecule has 11 nitrogen and oxygen atoms in total. The van der Waals surface area contributed by atoms with E-state index in [-0.39, 0.29) is 34.4 Å². The van der Waals surface area contributed by atoms with Crippen molar-refractivity contribution in [2.75, 3.05) is 38.3 Å². The molecule has 1 saturated heterocycles. The normalized spacial score (nSPS) is 15.1. The number of aromatic nitrogens is 2. The molecule has 51 heavy (non-hydrogen) atoms. The number of likely N-dealkylation sites (N-methyl/N-ethyl adjacent to an activating group) is 1. The number of nitrogens with one attached hydrogen (secondary N) is 2. The second-order valence-corrected chi connectivity index (χ2v) is 15.5. The van der Waals surface area contributed by atoms with Crippen molar-refractivity contribution < 1.29 is 22.0 Å². The summed E-state index contributed by atoms with van der Waals surface area (Å²) < 4.78 is 58.9. The Morgan fingerprint density at radius 3 is 2.31 bits per heavy atom. The van der Waals surface area contributed by atoms with Gasteiger partial charge in [0.2, 0.25) is 10.0 Å². The molecule has 2 N–H and O–H groups in total. The van der Waals surface area contributed by atoms with Gasteiger partial charge in [0.1, 0.15) is 16.5 Å². The minimum Gasteiger partial charge on any atom is -0.338 e. The first-order valence-electron chi connectivity index (χ1n) is 16.5. The Hall–Kier alpha value is -4.70. The third-order valence-electron chi connectivity index (χ3n) is 8.91. The molecule has 0 unspecified atom stereocenters. The van der Waals surface area contributed by atoms with Crippen LogP contribution in [-0.2, 0) is 23.1 Å². The average molecular weight is 737 g/mol. The molecule has 0 saturated carbocycles. The van der Waals surface area contributed by atoms with E-state index in [1.165, 1.54) is 21.2 Å². The highest BCUT2D eigenvalue weighted by atomic mass is 32.2. The van der Waals surface area contributed by atoms with Crippen LogP contribution in [0.15, 0.2) is 82.4 Å². The third-order valence-corrected chi connectivity index (χ3v) is 11.5. The van der Waals surface area contributed by atoms with Crippen molar-refractivity contribution in [3.63, 3.8) is 0 Å². The van der Waals surface area contributed by atoms with E-state index in [0.29, 0.717) is 53.4 Å². The number of carbonyl (C=O) groups excluding carboxylic acids is 1. The fraction of sp³-hybridized carbons (Fsp3) is 0.306. The first-order chi connectivity index (χ1) is 24.4. The van der Waals surface area contributed by atoms with Crippen molar-refractivity contribution in [3.05, 3.63) is 116 Å². The maximum Gasteiger partial charge on any atom is 0.337 e. The standard InChI is InChI=1S/C36H38F2N6O5S2/c1-4-39-35(46)40-24-17-15-23(16-18-24)32-28(21-41(2)20-26-12-9-19-43(26)51(3,48)49)31-33(45)44(25-10-6-5-7-11-25)36(47)42(34(31)50-32)22-27-29(37)13-8-14-30(27)38/h5-8,10-11,13-18,26H,4,9,12,19-22H2,1-3H3,(H2,39,40,46)/t26-/m0/s1. The predicted molar refractivity (Wildman–Crippen MR) is 196 cm³/mol. The summed E-state index contributed by atoms with van der Waals surface area (Å²) in [6, 6.07) is 18.2. The lowest BCUT2D eigenvalue weighted by molar-refractivity contribution is 0.252. The molecule has 2 amide bonds. The zero-order valence-corrected chi connectivity index (χ0v) is 30.0. The van der Waals surface area contributed by atoms with Crippen LogP contribution < -0.4 is 21.9 Å². The molecule has 0 radical (unpaired) electrons. The molecule has 1 atom stereocenters. The van der Waals surface area contributed by atoms with Gasteiger partial charge in [-0.2, -0.15) is 4.31 Å². The number of fused-ring (bicyclic) bond motifs is 1. The number of anilines is 1. The zero-order valence-electron chi connectivity index (χ0n) is 28.4. The van der Waals surface area contributed by atoms with E-state index in [1.54, 1.807) is 61.5 Å². The molecule has 15 heteroatoms. The van der Waals surface area contributed by atoms with E-state index in [4.69, 9.17) is 0 Å². The van der Waals surface area contributed by atoms with E-state index in [9.17, 15) is 22.8 Å². The van der Waals surface area contributed by atoms with E-state index >= 15 is 8.78 Å². The Labute approximate surface area is 297 Å². The highest BCUT2D eigenvalue weighted by Crippen LogP contribution is 2.39. The van der Waals surface area contributed by atoms with Gasteiger partial charge in [-0.3, -0.25) is 9.36 Å². The summed E-state index contributed by atoms with van der Waals surface area (Å²) in [5.41, 5.74) is 0.404. The van der Waals surface area contributed by atoms with Gasteiger partial charge in [0.25, 0.3) is 5.56 Å². The predicted octanol–water partition coefficient (Wildman–Crippen LogP) is 5.20. The van der Waals surface area contributed by atoms with Gasteiger partial charge in [0.15, 0.2) is 0 Å². The number of thiophene rings is 1.